The van der Waals surface area contributed by atoms with Crippen LogP contribution in [0.25, 0.3) is 22.3 Å². The second kappa shape index (κ2) is 4.59. The number of hydrogen-bond acceptors (Lipinski definition) is 7. The van der Waals surface area contributed by atoms with Crippen molar-refractivity contribution in [3.8, 4) is 40.1 Å². The molecular formula is C15H10O7. The van der Waals surface area contributed by atoms with Crippen LogP contribution >= 0.6 is 0 Å². The smallest absolute Gasteiger partial charge is 0.208 e. The fourth-order valence-electron chi connectivity index (χ4n) is 2.15. The molecule has 0 radical (unpaired) electrons. The minimum Gasteiger partial charge on any atom is -0.507 e. The molecule has 3 aromatic rings. The molecule has 7 heteroatoms. The lowest BCUT2D eigenvalue weighted by Crippen LogP contribution is -2.01. The summed E-state index contributed by atoms with van der Waals surface area (Å²) in [5, 5.41) is 47.8. The number of rotatable bonds is 1. The van der Waals surface area contributed by atoms with Crippen LogP contribution in [-0.4, -0.2) is 25.5 Å². The Labute approximate surface area is 122 Å². The van der Waals surface area contributed by atoms with Crippen molar-refractivity contribution in [1.29, 1.82) is 0 Å². The van der Waals surface area contributed by atoms with E-state index < -0.39 is 39.4 Å². The van der Waals surface area contributed by atoms with Gasteiger partial charge in [0.05, 0.1) is 5.56 Å². The highest BCUT2D eigenvalue weighted by Gasteiger charge is 2.23. The summed E-state index contributed by atoms with van der Waals surface area (Å²) in [6.45, 7) is 0. The van der Waals surface area contributed by atoms with E-state index in [1.165, 1.54) is 12.1 Å². The molecule has 7 nitrogen and oxygen atoms in total. The molecule has 1 heterocycles. The van der Waals surface area contributed by atoms with E-state index in [4.69, 9.17) is 4.42 Å². The predicted octanol–water partition coefficient (Wildman–Crippen LogP) is 1.99. The van der Waals surface area contributed by atoms with Crippen LogP contribution in [0.3, 0.4) is 0 Å². The van der Waals surface area contributed by atoms with Crippen molar-refractivity contribution in [3.63, 3.8) is 0 Å². The van der Waals surface area contributed by atoms with Crippen molar-refractivity contribution in [1.82, 2.24) is 0 Å². The highest BCUT2D eigenvalue weighted by atomic mass is 16.4. The predicted molar refractivity (Wildman–Crippen MR) is 76.2 cm³/mol. The summed E-state index contributed by atoms with van der Waals surface area (Å²) in [7, 11) is 0. The maximum Gasteiger partial charge on any atom is 0.208 e. The summed E-state index contributed by atoms with van der Waals surface area (Å²) < 4.78 is 5.32. The molecule has 5 N–H and O–H groups in total. The third-order valence-electron chi connectivity index (χ3n) is 3.24. The minimum absolute atomic E-state index is 0.0737. The molecule has 3 rings (SSSR count). The summed E-state index contributed by atoms with van der Waals surface area (Å²) in [5.41, 5.74) is -1.07. The molecule has 112 valence electrons. The third-order valence-corrected chi connectivity index (χ3v) is 3.24. The molecule has 0 amide bonds. The second-order valence-corrected chi connectivity index (χ2v) is 4.59. The Kier molecular flexibility index (Phi) is 2.84. The van der Waals surface area contributed by atoms with E-state index in [-0.39, 0.29) is 17.1 Å². The summed E-state index contributed by atoms with van der Waals surface area (Å²) in [6.07, 6.45) is 0. The van der Waals surface area contributed by atoms with Gasteiger partial charge in [0.15, 0.2) is 16.8 Å². The van der Waals surface area contributed by atoms with Crippen LogP contribution in [0.1, 0.15) is 0 Å². The number of phenols is 5. The number of aromatic hydroxyl groups is 5. The van der Waals surface area contributed by atoms with Crippen LogP contribution < -0.4 is 5.43 Å². The molecular weight excluding hydrogens is 292 g/mol. The van der Waals surface area contributed by atoms with Gasteiger partial charge in [0.25, 0.3) is 0 Å². The lowest BCUT2D eigenvalue weighted by atomic mass is 10.1. The van der Waals surface area contributed by atoms with E-state index in [9.17, 15) is 30.3 Å². The maximum atomic E-state index is 12.1. The second-order valence-electron chi connectivity index (χ2n) is 4.59. The first kappa shape index (κ1) is 13.6. The van der Waals surface area contributed by atoms with Gasteiger partial charge in [-0.1, -0.05) is 12.1 Å². The largest absolute Gasteiger partial charge is 0.507 e. The number of hydrogen-bond donors (Lipinski definition) is 5. The Bertz CT molecular complexity index is 956. The van der Waals surface area contributed by atoms with Crippen molar-refractivity contribution >= 4 is 11.0 Å². The number of phenolic OH excluding ortho intramolecular Hbond substituents is 5. The Morgan fingerprint density at radius 3 is 2.14 bits per heavy atom. The molecule has 0 aliphatic rings. The van der Waals surface area contributed by atoms with Crippen molar-refractivity contribution < 1.29 is 29.9 Å². The van der Waals surface area contributed by atoms with E-state index in [2.05, 4.69) is 0 Å². The fraction of sp³-hybridized carbons (Fsp3) is 0. The molecule has 0 spiro atoms. The zero-order chi connectivity index (χ0) is 16.0. The Morgan fingerprint density at radius 1 is 0.818 bits per heavy atom. The summed E-state index contributed by atoms with van der Waals surface area (Å²) >= 11 is 0. The zero-order valence-corrected chi connectivity index (χ0v) is 10.9. The van der Waals surface area contributed by atoms with Crippen molar-refractivity contribution in [2.24, 2.45) is 0 Å². The molecule has 22 heavy (non-hydrogen) atoms. The zero-order valence-electron chi connectivity index (χ0n) is 10.9. The summed E-state index contributed by atoms with van der Waals surface area (Å²) in [4.78, 5) is 12.1. The molecule has 0 saturated carbocycles. The molecule has 0 fully saturated rings. The molecule has 2 aromatic carbocycles. The van der Waals surface area contributed by atoms with E-state index in [1.807, 2.05) is 0 Å². The number of para-hydroxylation sites is 1. The standard InChI is InChI=1S/C15H10O7/c16-7-4-2-1-3-6(7)9-5-8(17)10-11(18)12(19)13(20)14(21)15(10)22-9/h1-5,16,18-21H. The first-order chi connectivity index (χ1) is 10.4. The van der Waals surface area contributed by atoms with E-state index in [1.54, 1.807) is 12.1 Å². The number of fused-ring (bicyclic) bond motifs is 1. The van der Waals surface area contributed by atoms with Crippen molar-refractivity contribution in [2.45, 2.75) is 0 Å². The van der Waals surface area contributed by atoms with Gasteiger partial charge in [-0.2, -0.15) is 0 Å². The monoisotopic (exact) mass is 302 g/mol. The summed E-state index contributed by atoms with van der Waals surface area (Å²) in [6, 6.07) is 7.03. The van der Waals surface area contributed by atoms with Crippen LogP contribution in [0.5, 0.6) is 28.7 Å². The van der Waals surface area contributed by atoms with E-state index in [0.29, 0.717) is 0 Å². The van der Waals surface area contributed by atoms with E-state index in [0.717, 1.165) is 6.07 Å². The average molecular weight is 302 g/mol. The Morgan fingerprint density at radius 2 is 1.45 bits per heavy atom. The highest BCUT2D eigenvalue weighted by Crippen LogP contribution is 2.48. The van der Waals surface area contributed by atoms with Crippen molar-refractivity contribution in [2.75, 3.05) is 0 Å². The van der Waals surface area contributed by atoms with Crippen LogP contribution in [-0.2, 0) is 0 Å². The quantitative estimate of drug-likeness (QED) is 0.343. The first-order valence-electron chi connectivity index (χ1n) is 6.14. The van der Waals surface area contributed by atoms with Crippen LogP contribution in [0, 0.1) is 0 Å². The van der Waals surface area contributed by atoms with Gasteiger partial charge < -0.3 is 29.9 Å². The molecule has 0 saturated heterocycles. The SMILES string of the molecule is O=c1cc(-c2ccccc2O)oc2c(O)c(O)c(O)c(O)c12. The normalized spacial score (nSPS) is 10.9. The minimum atomic E-state index is -1.02. The molecule has 0 unspecified atom stereocenters. The van der Waals surface area contributed by atoms with E-state index >= 15 is 0 Å². The van der Waals surface area contributed by atoms with Gasteiger partial charge in [0, 0.05) is 6.07 Å². The van der Waals surface area contributed by atoms with Crippen LogP contribution in [0.4, 0.5) is 0 Å². The van der Waals surface area contributed by atoms with Gasteiger partial charge in [-0.05, 0) is 12.1 Å². The van der Waals surface area contributed by atoms with Crippen LogP contribution in [0.15, 0.2) is 39.5 Å². The molecule has 0 aliphatic heterocycles. The lowest BCUT2D eigenvalue weighted by molar-refractivity contribution is 0.346. The Balaban J connectivity index is 2.44. The average Bonchev–Trinajstić information content (AvgIpc) is 2.50. The summed E-state index contributed by atoms with van der Waals surface area (Å²) in [5.74, 6) is -4.05. The molecule has 0 bridgehead atoms. The molecule has 0 atom stereocenters. The van der Waals surface area contributed by atoms with Gasteiger partial charge in [-0.3, -0.25) is 4.79 Å². The fourth-order valence-corrected chi connectivity index (χ4v) is 2.15. The van der Waals surface area contributed by atoms with Gasteiger partial charge in [0.1, 0.15) is 16.9 Å². The maximum absolute atomic E-state index is 12.1. The van der Waals surface area contributed by atoms with Crippen molar-refractivity contribution in [3.05, 3.63) is 40.6 Å². The van der Waals surface area contributed by atoms with Gasteiger partial charge >= 0.3 is 0 Å². The lowest BCUT2D eigenvalue weighted by Gasteiger charge is -2.09. The first-order valence-corrected chi connectivity index (χ1v) is 6.14. The molecule has 1 aromatic heterocycles. The Hall–Kier alpha value is -3.35. The van der Waals surface area contributed by atoms with Gasteiger partial charge in [0.2, 0.25) is 17.2 Å². The molecule has 0 aliphatic carbocycles. The number of benzene rings is 2. The third kappa shape index (κ3) is 1.80. The van der Waals surface area contributed by atoms with Gasteiger partial charge in [-0.25, -0.2) is 0 Å². The topological polar surface area (TPSA) is 131 Å². The van der Waals surface area contributed by atoms with Gasteiger partial charge in [-0.15, -0.1) is 0 Å². The highest BCUT2D eigenvalue weighted by molar-refractivity contribution is 5.94. The van der Waals surface area contributed by atoms with Crippen LogP contribution in [0.2, 0.25) is 0 Å².